The molecular formula is C27H30N2O2. The normalized spacial score (nSPS) is 12.6. The first-order valence-electron chi connectivity index (χ1n) is 10.2. The molecule has 160 valence electrons. The Kier molecular flexibility index (Phi) is 8.77. The molecule has 2 aromatic rings. The zero-order valence-corrected chi connectivity index (χ0v) is 17.8. The fourth-order valence-corrected chi connectivity index (χ4v) is 3.83. The van der Waals surface area contributed by atoms with Gasteiger partial charge in [0, 0.05) is 16.5 Å². The Morgan fingerprint density at radius 2 is 1.06 bits per heavy atom. The first kappa shape index (κ1) is 23.6. The van der Waals surface area contributed by atoms with Gasteiger partial charge in [0.1, 0.15) is 0 Å². The van der Waals surface area contributed by atoms with Gasteiger partial charge in [-0.15, -0.1) is 26.3 Å². The van der Waals surface area contributed by atoms with E-state index in [9.17, 15) is 9.59 Å². The van der Waals surface area contributed by atoms with Crippen LogP contribution in [0.1, 0.15) is 33.6 Å². The van der Waals surface area contributed by atoms with E-state index in [-0.39, 0.29) is 11.8 Å². The highest BCUT2D eigenvalue weighted by Crippen LogP contribution is 2.38. The zero-order valence-electron chi connectivity index (χ0n) is 17.8. The fourth-order valence-electron chi connectivity index (χ4n) is 3.83. The molecule has 0 aromatic heterocycles. The van der Waals surface area contributed by atoms with E-state index in [1.807, 2.05) is 36.4 Å². The molecule has 2 atom stereocenters. The van der Waals surface area contributed by atoms with Crippen molar-refractivity contribution in [1.29, 1.82) is 0 Å². The van der Waals surface area contributed by atoms with E-state index in [0.717, 1.165) is 0 Å². The van der Waals surface area contributed by atoms with Crippen LogP contribution in [0, 0.1) is 5.41 Å². The molecule has 0 spiro atoms. The third kappa shape index (κ3) is 5.70. The summed E-state index contributed by atoms with van der Waals surface area (Å²) in [7, 11) is 0. The highest BCUT2D eigenvalue weighted by Gasteiger charge is 2.43. The number of allylic oxidation sites excluding steroid dienone is 2. The van der Waals surface area contributed by atoms with Gasteiger partial charge < -0.3 is 10.6 Å². The third-order valence-electron chi connectivity index (χ3n) is 5.40. The number of rotatable bonds is 12. The van der Waals surface area contributed by atoms with E-state index in [4.69, 9.17) is 0 Å². The molecule has 0 aliphatic heterocycles. The van der Waals surface area contributed by atoms with Crippen LogP contribution >= 0.6 is 0 Å². The third-order valence-corrected chi connectivity index (χ3v) is 5.40. The van der Waals surface area contributed by atoms with E-state index in [0.29, 0.717) is 24.0 Å². The Bertz CT molecular complexity index is 841. The maximum atomic E-state index is 12.9. The van der Waals surface area contributed by atoms with Crippen molar-refractivity contribution in [2.24, 2.45) is 5.41 Å². The molecule has 4 heteroatoms. The molecule has 0 heterocycles. The van der Waals surface area contributed by atoms with E-state index >= 15 is 0 Å². The van der Waals surface area contributed by atoms with E-state index < -0.39 is 17.5 Å². The molecule has 0 unspecified atom stereocenters. The molecule has 0 aliphatic rings. The van der Waals surface area contributed by atoms with Gasteiger partial charge in [0.05, 0.1) is 12.1 Å². The van der Waals surface area contributed by atoms with Crippen molar-refractivity contribution in [3.05, 3.63) is 122 Å². The van der Waals surface area contributed by atoms with Crippen LogP contribution in [0.25, 0.3) is 0 Å². The minimum atomic E-state index is -0.679. The first-order chi connectivity index (χ1) is 15.0. The summed E-state index contributed by atoms with van der Waals surface area (Å²) < 4.78 is 0. The molecule has 31 heavy (non-hydrogen) atoms. The summed E-state index contributed by atoms with van der Waals surface area (Å²) in [6.45, 7) is 15.7. The zero-order chi connectivity index (χ0) is 22.7. The Morgan fingerprint density at radius 1 is 0.710 bits per heavy atom. The summed E-state index contributed by atoms with van der Waals surface area (Å²) in [6.07, 6.45) is 7.94. The molecule has 2 amide bonds. The van der Waals surface area contributed by atoms with Gasteiger partial charge in [-0.2, -0.15) is 0 Å². The molecule has 2 rings (SSSR count). The summed E-state index contributed by atoms with van der Waals surface area (Å²) in [4.78, 5) is 25.8. The Labute approximate surface area is 185 Å². The highest BCUT2D eigenvalue weighted by molar-refractivity contribution is 5.95. The van der Waals surface area contributed by atoms with Crippen LogP contribution in [-0.2, 0) is 0 Å². The Hall–Kier alpha value is -3.66. The maximum absolute atomic E-state index is 12.9. The van der Waals surface area contributed by atoms with Crippen molar-refractivity contribution in [1.82, 2.24) is 10.6 Å². The molecule has 2 N–H and O–H groups in total. The SMILES string of the molecule is C=CCC(CC=C)([C@H](C=C)NC(=O)c1ccccc1)[C@@H](C=C)NC(=O)c1ccccc1. The minimum Gasteiger partial charge on any atom is -0.345 e. The van der Waals surface area contributed by atoms with Crippen molar-refractivity contribution >= 4 is 11.8 Å². The van der Waals surface area contributed by atoms with Crippen LogP contribution in [0.5, 0.6) is 0 Å². The standard InChI is InChI=1S/C27H30N2O2/c1-5-19-27(20-6-2,23(7-3)28-25(30)21-15-11-9-12-16-21)24(8-4)29-26(31)22-17-13-10-14-18-22/h5-18,23-24H,1-4,19-20H2,(H,28,30)(H,29,31)/t23-,24+. The number of carbonyl (C=O) groups is 2. The fraction of sp³-hybridized carbons (Fsp3) is 0.185. The summed E-state index contributed by atoms with van der Waals surface area (Å²) in [6, 6.07) is 17.0. The lowest BCUT2D eigenvalue weighted by atomic mass is 9.68. The van der Waals surface area contributed by atoms with Gasteiger partial charge in [0.25, 0.3) is 11.8 Å². The number of hydrogen-bond donors (Lipinski definition) is 2. The minimum absolute atomic E-state index is 0.222. The highest BCUT2D eigenvalue weighted by atomic mass is 16.2. The Morgan fingerprint density at radius 3 is 1.35 bits per heavy atom. The van der Waals surface area contributed by atoms with Gasteiger partial charge in [0.15, 0.2) is 0 Å². The number of carbonyl (C=O) groups excluding carboxylic acids is 2. The van der Waals surface area contributed by atoms with Crippen LogP contribution in [-0.4, -0.2) is 23.9 Å². The number of hydrogen-bond acceptors (Lipinski definition) is 2. The van der Waals surface area contributed by atoms with Gasteiger partial charge in [-0.25, -0.2) is 0 Å². The summed E-state index contributed by atoms with van der Waals surface area (Å²) in [5.74, 6) is -0.444. The largest absolute Gasteiger partial charge is 0.345 e. The first-order valence-corrected chi connectivity index (χ1v) is 10.2. The van der Waals surface area contributed by atoms with Crippen molar-refractivity contribution in [2.75, 3.05) is 0 Å². The summed E-state index contributed by atoms with van der Waals surface area (Å²) in [5.41, 5.74) is 0.412. The molecule has 0 bridgehead atoms. The Balaban J connectivity index is 2.41. The van der Waals surface area contributed by atoms with Gasteiger partial charge in [0.2, 0.25) is 0 Å². The lowest BCUT2D eigenvalue weighted by Crippen LogP contribution is -2.57. The van der Waals surface area contributed by atoms with Crippen LogP contribution in [0.4, 0.5) is 0 Å². The number of benzene rings is 2. The van der Waals surface area contributed by atoms with E-state index in [1.54, 1.807) is 48.6 Å². The predicted molar refractivity (Wildman–Crippen MR) is 128 cm³/mol. The number of nitrogens with one attached hydrogen (secondary N) is 2. The quantitative estimate of drug-likeness (QED) is 0.475. The predicted octanol–water partition coefficient (Wildman–Crippen LogP) is 5.09. The second kappa shape index (κ2) is 11.5. The smallest absolute Gasteiger partial charge is 0.251 e. The molecule has 0 fully saturated rings. The monoisotopic (exact) mass is 414 g/mol. The molecule has 0 saturated heterocycles. The van der Waals surface area contributed by atoms with Crippen LogP contribution < -0.4 is 10.6 Å². The second-order valence-electron chi connectivity index (χ2n) is 7.32. The average Bonchev–Trinajstić information content (AvgIpc) is 2.81. The number of amides is 2. The lowest BCUT2D eigenvalue weighted by molar-refractivity contribution is 0.0835. The second-order valence-corrected chi connectivity index (χ2v) is 7.32. The van der Waals surface area contributed by atoms with Gasteiger partial charge in [-0.05, 0) is 37.1 Å². The van der Waals surface area contributed by atoms with Crippen LogP contribution in [0.3, 0.4) is 0 Å². The van der Waals surface area contributed by atoms with E-state index in [2.05, 4.69) is 36.9 Å². The molecule has 0 saturated carbocycles. The molecule has 4 nitrogen and oxygen atoms in total. The van der Waals surface area contributed by atoms with Crippen molar-refractivity contribution < 1.29 is 9.59 Å². The van der Waals surface area contributed by atoms with Crippen molar-refractivity contribution in [3.8, 4) is 0 Å². The van der Waals surface area contributed by atoms with Gasteiger partial charge in [-0.1, -0.05) is 60.7 Å². The maximum Gasteiger partial charge on any atom is 0.251 e. The topological polar surface area (TPSA) is 58.2 Å². The molecule has 0 aliphatic carbocycles. The van der Waals surface area contributed by atoms with Crippen molar-refractivity contribution in [3.63, 3.8) is 0 Å². The van der Waals surface area contributed by atoms with Crippen LogP contribution in [0.15, 0.2) is 111 Å². The van der Waals surface area contributed by atoms with Crippen LogP contribution in [0.2, 0.25) is 0 Å². The summed E-state index contributed by atoms with van der Waals surface area (Å²) >= 11 is 0. The molecular weight excluding hydrogens is 384 g/mol. The van der Waals surface area contributed by atoms with Gasteiger partial charge >= 0.3 is 0 Å². The van der Waals surface area contributed by atoms with Crippen molar-refractivity contribution in [2.45, 2.75) is 24.9 Å². The lowest BCUT2D eigenvalue weighted by Gasteiger charge is -2.44. The average molecular weight is 415 g/mol. The van der Waals surface area contributed by atoms with Gasteiger partial charge in [-0.3, -0.25) is 9.59 Å². The summed E-state index contributed by atoms with van der Waals surface area (Å²) in [5, 5.41) is 6.14. The molecule has 2 aromatic carbocycles. The molecule has 0 radical (unpaired) electrons. The van der Waals surface area contributed by atoms with E-state index in [1.165, 1.54) is 0 Å².